The SMILES string of the molecule is Cc1nc(O)cs1. The predicted octanol–water partition coefficient (Wildman–Crippen LogP) is 1.16. The first kappa shape index (κ1) is 4.59. The van der Waals surface area contributed by atoms with Gasteiger partial charge in [-0.2, -0.15) is 0 Å². The van der Waals surface area contributed by atoms with E-state index in [1.54, 1.807) is 5.38 Å². The second-order valence-electron chi connectivity index (χ2n) is 1.22. The lowest BCUT2D eigenvalue weighted by Gasteiger charge is -1.71. The monoisotopic (exact) mass is 115 g/mol. The van der Waals surface area contributed by atoms with Gasteiger partial charge in [0, 0.05) is 0 Å². The highest BCUT2D eigenvalue weighted by Gasteiger charge is 1.88. The summed E-state index contributed by atoms with van der Waals surface area (Å²) in [5.74, 6) is 0.127. The number of hydrogen-bond donors (Lipinski definition) is 1. The first-order valence-corrected chi connectivity index (χ1v) is 2.78. The van der Waals surface area contributed by atoms with Crippen molar-refractivity contribution in [2.45, 2.75) is 6.92 Å². The third kappa shape index (κ3) is 0.899. The van der Waals surface area contributed by atoms with Gasteiger partial charge in [-0.3, -0.25) is 0 Å². The molecule has 0 aromatic carbocycles. The van der Waals surface area contributed by atoms with Crippen molar-refractivity contribution >= 4 is 11.3 Å². The average molecular weight is 115 g/mol. The Morgan fingerprint density at radius 3 is 2.71 bits per heavy atom. The summed E-state index contributed by atoms with van der Waals surface area (Å²) in [4.78, 5) is 3.69. The lowest BCUT2D eigenvalue weighted by molar-refractivity contribution is 0.456. The molecule has 0 aliphatic heterocycles. The van der Waals surface area contributed by atoms with Crippen molar-refractivity contribution in [1.29, 1.82) is 0 Å². The lowest BCUT2D eigenvalue weighted by atomic mass is 10.8. The molecule has 2 nitrogen and oxygen atoms in total. The van der Waals surface area contributed by atoms with E-state index in [0.717, 1.165) is 5.01 Å². The molecular weight excluding hydrogens is 110 g/mol. The van der Waals surface area contributed by atoms with Crippen molar-refractivity contribution in [1.82, 2.24) is 4.98 Å². The molecule has 0 radical (unpaired) electrons. The van der Waals surface area contributed by atoms with Crippen LogP contribution in [0.1, 0.15) is 5.01 Å². The molecule has 0 aliphatic carbocycles. The third-order valence-corrected chi connectivity index (χ3v) is 1.37. The number of hydrogen-bond acceptors (Lipinski definition) is 3. The van der Waals surface area contributed by atoms with Crippen LogP contribution in [0.25, 0.3) is 0 Å². The molecule has 0 amide bonds. The molecule has 1 aromatic rings. The molecule has 0 unspecified atom stereocenters. The zero-order chi connectivity index (χ0) is 5.28. The van der Waals surface area contributed by atoms with Crippen molar-refractivity contribution in [2.75, 3.05) is 0 Å². The van der Waals surface area contributed by atoms with Crippen LogP contribution in [0.2, 0.25) is 0 Å². The molecule has 0 atom stereocenters. The van der Waals surface area contributed by atoms with Crippen LogP contribution in [0.3, 0.4) is 0 Å². The molecule has 1 N–H and O–H groups in total. The van der Waals surface area contributed by atoms with E-state index in [9.17, 15) is 0 Å². The van der Waals surface area contributed by atoms with Crippen molar-refractivity contribution in [3.63, 3.8) is 0 Å². The van der Waals surface area contributed by atoms with Crippen LogP contribution in [0.4, 0.5) is 0 Å². The van der Waals surface area contributed by atoms with Gasteiger partial charge < -0.3 is 5.11 Å². The maximum atomic E-state index is 8.55. The van der Waals surface area contributed by atoms with Gasteiger partial charge in [0.15, 0.2) is 0 Å². The van der Waals surface area contributed by atoms with E-state index in [2.05, 4.69) is 4.98 Å². The number of aromatic hydroxyl groups is 1. The molecule has 1 rings (SSSR count). The first-order chi connectivity index (χ1) is 3.29. The van der Waals surface area contributed by atoms with Crippen LogP contribution >= 0.6 is 11.3 Å². The molecular formula is C4H5NOS. The van der Waals surface area contributed by atoms with Gasteiger partial charge in [-0.1, -0.05) is 0 Å². The maximum absolute atomic E-state index is 8.55. The van der Waals surface area contributed by atoms with E-state index < -0.39 is 0 Å². The van der Waals surface area contributed by atoms with Crippen molar-refractivity contribution in [3.8, 4) is 5.88 Å². The Morgan fingerprint density at radius 1 is 1.86 bits per heavy atom. The van der Waals surface area contributed by atoms with Crippen molar-refractivity contribution in [2.24, 2.45) is 0 Å². The van der Waals surface area contributed by atoms with Gasteiger partial charge >= 0.3 is 0 Å². The quantitative estimate of drug-likeness (QED) is 0.550. The zero-order valence-electron chi connectivity index (χ0n) is 3.88. The fourth-order valence-electron chi connectivity index (χ4n) is 0.352. The zero-order valence-corrected chi connectivity index (χ0v) is 4.70. The minimum Gasteiger partial charge on any atom is -0.493 e. The molecule has 3 heteroatoms. The van der Waals surface area contributed by atoms with Gasteiger partial charge in [0.2, 0.25) is 5.88 Å². The largest absolute Gasteiger partial charge is 0.493 e. The summed E-state index contributed by atoms with van der Waals surface area (Å²) in [5, 5.41) is 11.1. The fraction of sp³-hybridized carbons (Fsp3) is 0.250. The summed E-state index contributed by atoms with van der Waals surface area (Å²) >= 11 is 1.44. The Hall–Kier alpha value is -0.570. The molecule has 0 saturated heterocycles. The predicted molar refractivity (Wildman–Crippen MR) is 28.5 cm³/mol. The molecule has 0 spiro atoms. The molecule has 1 heterocycles. The van der Waals surface area contributed by atoms with Crippen LogP contribution in [0.5, 0.6) is 5.88 Å². The van der Waals surface area contributed by atoms with E-state index in [0.29, 0.717) is 0 Å². The summed E-state index contributed by atoms with van der Waals surface area (Å²) in [6.45, 7) is 1.85. The molecule has 0 bridgehead atoms. The molecule has 0 fully saturated rings. The van der Waals surface area contributed by atoms with Gasteiger partial charge in [-0.05, 0) is 6.92 Å². The minimum absolute atomic E-state index is 0.127. The highest BCUT2D eigenvalue weighted by atomic mass is 32.1. The molecule has 0 aliphatic rings. The van der Waals surface area contributed by atoms with Crippen LogP contribution in [0, 0.1) is 6.92 Å². The van der Waals surface area contributed by atoms with Gasteiger partial charge in [0.05, 0.1) is 10.4 Å². The standard InChI is InChI=1S/C4H5NOS/c1-3-5-4(6)2-7-3/h2,6H,1H3. The maximum Gasteiger partial charge on any atom is 0.222 e. The highest BCUT2D eigenvalue weighted by molar-refractivity contribution is 7.09. The molecule has 38 valence electrons. The lowest BCUT2D eigenvalue weighted by Crippen LogP contribution is -1.61. The number of aryl methyl sites for hydroxylation is 1. The second-order valence-corrected chi connectivity index (χ2v) is 2.29. The van der Waals surface area contributed by atoms with Crippen LogP contribution in [-0.4, -0.2) is 10.1 Å². The van der Waals surface area contributed by atoms with Gasteiger partial charge in [-0.15, -0.1) is 11.3 Å². The highest BCUT2D eigenvalue weighted by Crippen LogP contribution is 2.11. The van der Waals surface area contributed by atoms with Crippen molar-refractivity contribution in [3.05, 3.63) is 10.4 Å². The summed E-state index contributed by atoms with van der Waals surface area (Å²) in [7, 11) is 0. The van der Waals surface area contributed by atoms with Crippen LogP contribution in [-0.2, 0) is 0 Å². The Morgan fingerprint density at radius 2 is 2.57 bits per heavy atom. The van der Waals surface area contributed by atoms with E-state index >= 15 is 0 Å². The Balaban J connectivity index is 3.04. The molecule has 7 heavy (non-hydrogen) atoms. The van der Waals surface area contributed by atoms with E-state index in [1.807, 2.05) is 6.92 Å². The minimum atomic E-state index is 0.127. The van der Waals surface area contributed by atoms with E-state index in [4.69, 9.17) is 5.11 Å². The Labute approximate surface area is 45.5 Å². The van der Waals surface area contributed by atoms with E-state index in [-0.39, 0.29) is 5.88 Å². The normalized spacial score (nSPS) is 9.29. The summed E-state index contributed by atoms with van der Waals surface area (Å²) < 4.78 is 0. The first-order valence-electron chi connectivity index (χ1n) is 1.90. The number of rotatable bonds is 0. The number of aromatic nitrogens is 1. The average Bonchev–Trinajstić information content (AvgIpc) is 1.87. The van der Waals surface area contributed by atoms with Gasteiger partial charge in [0.1, 0.15) is 0 Å². The topological polar surface area (TPSA) is 33.1 Å². The summed E-state index contributed by atoms with van der Waals surface area (Å²) in [6, 6.07) is 0. The van der Waals surface area contributed by atoms with Crippen molar-refractivity contribution < 1.29 is 5.11 Å². The summed E-state index contributed by atoms with van der Waals surface area (Å²) in [5.41, 5.74) is 0. The van der Waals surface area contributed by atoms with Gasteiger partial charge in [-0.25, -0.2) is 4.98 Å². The van der Waals surface area contributed by atoms with Crippen LogP contribution in [0.15, 0.2) is 5.38 Å². The van der Waals surface area contributed by atoms with Gasteiger partial charge in [0.25, 0.3) is 0 Å². The fourth-order valence-corrected chi connectivity index (χ4v) is 0.827. The number of thiazole rings is 1. The Kier molecular flexibility index (Phi) is 0.982. The Bertz CT molecular complexity index is 144. The molecule has 0 saturated carbocycles. The summed E-state index contributed by atoms with van der Waals surface area (Å²) in [6.07, 6.45) is 0. The molecule has 1 aromatic heterocycles. The van der Waals surface area contributed by atoms with Crippen LogP contribution < -0.4 is 0 Å². The number of nitrogens with zero attached hydrogens (tertiary/aromatic N) is 1. The third-order valence-electron chi connectivity index (χ3n) is 0.607. The second kappa shape index (κ2) is 1.50. The van der Waals surface area contributed by atoms with E-state index in [1.165, 1.54) is 11.3 Å². The smallest absolute Gasteiger partial charge is 0.222 e.